The highest BCUT2D eigenvalue weighted by Crippen LogP contribution is 2.44. The summed E-state index contributed by atoms with van der Waals surface area (Å²) in [6.07, 6.45) is 0. The number of nitriles is 1. The molecule has 2 aromatic heterocycles. The average Bonchev–Trinajstić information content (AvgIpc) is 4.00. The molecule has 0 atom stereocenters. The van der Waals surface area contributed by atoms with Crippen molar-refractivity contribution < 1.29 is 0 Å². The maximum Gasteiger partial charge on any atom is 0.129 e. The summed E-state index contributed by atoms with van der Waals surface area (Å²) in [6, 6.07) is 73.8. The molecule has 0 aliphatic rings. The smallest absolute Gasteiger partial charge is 0.129 e. The third-order valence-electron chi connectivity index (χ3n) is 13.5. The molecule has 0 fully saturated rings. The largest absolute Gasteiger partial charge is 0.309 e. The topological polar surface area (TPSA) is 57.7 Å². The van der Waals surface area contributed by atoms with Crippen molar-refractivity contribution >= 4 is 83.5 Å². The summed E-state index contributed by atoms with van der Waals surface area (Å²) >= 11 is 1.23. The zero-order valence-electron chi connectivity index (χ0n) is 39.7. The second-order valence-corrected chi connectivity index (χ2v) is 20.4. The fraction of sp³-hybridized carbons (Fsp3) is 0.127. The highest BCUT2D eigenvalue weighted by atomic mass is 32.1. The fourth-order valence-corrected chi connectivity index (χ4v) is 10.4. The highest BCUT2D eigenvalue weighted by molar-refractivity contribution is 7.00. The van der Waals surface area contributed by atoms with Gasteiger partial charge in [-0.2, -0.15) is 14.0 Å². The van der Waals surface area contributed by atoms with Crippen molar-refractivity contribution in [2.75, 3.05) is 4.90 Å². The molecule has 0 amide bonds. The van der Waals surface area contributed by atoms with Crippen molar-refractivity contribution in [2.45, 2.75) is 52.4 Å². The number of anilines is 3. The Morgan fingerprint density at radius 1 is 0.522 bits per heavy atom. The van der Waals surface area contributed by atoms with Crippen LogP contribution < -0.4 is 4.90 Å². The van der Waals surface area contributed by atoms with Gasteiger partial charge in [0.2, 0.25) is 0 Å². The van der Waals surface area contributed by atoms with E-state index in [9.17, 15) is 5.26 Å². The molecule has 5 nitrogen and oxygen atoms in total. The molecule has 334 valence electrons. The van der Waals surface area contributed by atoms with Gasteiger partial charge in [0.1, 0.15) is 17.1 Å². The van der Waals surface area contributed by atoms with Crippen molar-refractivity contribution in [3.05, 3.63) is 228 Å². The van der Waals surface area contributed by atoms with E-state index in [-0.39, 0.29) is 10.8 Å². The summed E-state index contributed by atoms with van der Waals surface area (Å²) in [5, 5.41) is 15.9. The van der Waals surface area contributed by atoms with Crippen molar-refractivity contribution in [1.82, 2.24) is 13.3 Å². The predicted octanol–water partition coefficient (Wildman–Crippen LogP) is 17.2. The van der Waals surface area contributed by atoms with E-state index in [4.69, 9.17) is 8.75 Å². The van der Waals surface area contributed by atoms with E-state index >= 15 is 0 Å². The molecule has 0 N–H and O–H groups in total. The lowest BCUT2D eigenvalue weighted by Crippen LogP contribution is -2.11. The van der Waals surface area contributed by atoms with Crippen LogP contribution in [0.5, 0.6) is 0 Å². The van der Waals surface area contributed by atoms with Crippen LogP contribution in [0.2, 0.25) is 0 Å². The van der Waals surface area contributed by atoms with E-state index < -0.39 is 0 Å². The van der Waals surface area contributed by atoms with Crippen LogP contribution in [0.15, 0.2) is 200 Å². The Morgan fingerprint density at radius 2 is 1.09 bits per heavy atom. The summed E-state index contributed by atoms with van der Waals surface area (Å²) in [6.45, 7) is 13.4. The van der Waals surface area contributed by atoms with E-state index in [1.807, 2.05) is 6.07 Å². The van der Waals surface area contributed by atoms with E-state index in [2.05, 4.69) is 251 Å². The van der Waals surface area contributed by atoms with Crippen LogP contribution in [0.1, 0.15) is 69.4 Å². The van der Waals surface area contributed by atoms with Crippen molar-refractivity contribution in [3.63, 3.8) is 0 Å². The van der Waals surface area contributed by atoms with Gasteiger partial charge >= 0.3 is 0 Å². The Hall–Kier alpha value is -8.11. The average molecular weight is 910 g/mol. The first-order valence-electron chi connectivity index (χ1n) is 23.5. The Balaban J connectivity index is 1.03. The van der Waals surface area contributed by atoms with Crippen LogP contribution in [0.3, 0.4) is 0 Å². The number of benzene rings is 9. The fourth-order valence-electron chi connectivity index (χ4n) is 9.83. The molecule has 6 heteroatoms. The molecule has 0 saturated heterocycles. The first kappa shape index (κ1) is 43.5. The normalized spacial score (nSPS) is 11.9. The molecule has 0 saturated carbocycles. The molecule has 0 spiro atoms. The van der Waals surface area contributed by atoms with Gasteiger partial charge in [-0.15, -0.1) is 0 Å². The molecule has 0 aliphatic carbocycles. The van der Waals surface area contributed by atoms with Gasteiger partial charge in [-0.3, -0.25) is 0 Å². The van der Waals surface area contributed by atoms with Crippen LogP contribution in [-0.4, -0.2) is 13.3 Å². The lowest BCUT2D eigenvalue weighted by atomic mass is 9.83. The van der Waals surface area contributed by atoms with Crippen LogP contribution in [0.25, 0.3) is 71.6 Å². The summed E-state index contributed by atoms with van der Waals surface area (Å²) in [5.74, 6) is 0. The lowest BCUT2D eigenvalue weighted by molar-refractivity contribution is 0.590. The Bertz CT molecular complexity index is 3710. The van der Waals surface area contributed by atoms with Gasteiger partial charge in [-0.25, -0.2) is 0 Å². The third-order valence-corrected chi connectivity index (χ3v) is 14.0. The number of aromatic nitrogens is 3. The van der Waals surface area contributed by atoms with Gasteiger partial charge < -0.3 is 9.47 Å². The SMILES string of the molecule is CC(C)(C)c1ccc(C(=C(C#N)c2ccc(N(c3ccccc3)c3ccc(-c4ccc5ccc6c7ccccc7n(-c7ccccc7)c6c5c4)c4nsnc34)cc2)c2ccc(C(C)(C)C)cc2)cc1. The quantitative estimate of drug-likeness (QED) is 0.113. The number of fused-ring (bicyclic) bond motifs is 6. The molecule has 0 bridgehead atoms. The summed E-state index contributed by atoms with van der Waals surface area (Å²) in [5.41, 5.74) is 17.0. The van der Waals surface area contributed by atoms with Crippen molar-refractivity contribution in [1.29, 1.82) is 5.26 Å². The highest BCUT2D eigenvalue weighted by Gasteiger charge is 2.23. The molecule has 0 unspecified atom stereocenters. The molecule has 9 aromatic carbocycles. The van der Waals surface area contributed by atoms with E-state index in [1.54, 1.807) is 0 Å². The minimum atomic E-state index is 0.00529. The number of para-hydroxylation sites is 3. The van der Waals surface area contributed by atoms with Crippen LogP contribution in [0.4, 0.5) is 17.1 Å². The first-order chi connectivity index (χ1) is 33.5. The Morgan fingerprint density at radius 3 is 1.72 bits per heavy atom. The standard InChI is InChI=1S/C63H51N5S/c1-62(2,3)46-30-23-43(24-31-46)58(44-25-32-47(33-26-44)63(4,5)6)55(40-64)42-27-34-50(35-28-42)67(48-15-9-7-10-16-48)57-38-37-51(59-60(57)66-69-65-59)45-22-21-41-29-36-53-52-19-13-14-20-56(52)68(61(53)54(41)39-45)49-17-11-8-12-18-49/h7-39H,1-6H3. The van der Waals surface area contributed by atoms with Gasteiger partial charge in [-0.1, -0.05) is 181 Å². The Kier molecular flexibility index (Phi) is 10.8. The van der Waals surface area contributed by atoms with E-state index in [0.717, 1.165) is 67.2 Å². The van der Waals surface area contributed by atoms with Crippen molar-refractivity contribution in [3.8, 4) is 22.9 Å². The van der Waals surface area contributed by atoms with E-state index in [1.165, 1.54) is 55.4 Å². The lowest BCUT2D eigenvalue weighted by Gasteiger charge is -2.26. The maximum absolute atomic E-state index is 11.1. The molecule has 0 radical (unpaired) electrons. The molecule has 69 heavy (non-hydrogen) atoms. The number of allylic oxidation sites excluding steroid dienone is 1. The molecule has 0 aliphatic heterocycles. The first-order valence-corrected chi connectivity index (χ1v) is 24.3. The van der Waals surface area contributed by atoms with Gasteiger partial charge in [0, 0.05) is 44.4 Å². The summed E-state index contributed by atoms with van der Waals surface area (Å²) in [4.78, 5) is 2.24. The zero-order valence-corrected chi connectivity index (χ0v) is 40.5. The maximum atomic E-state index is 11.1. The monoisotopic (exact) mass is 909 g/mol. The Labute approximate surface area is 408 Å². The van der Waals surface area contributed by atoms with Crippen molar-refractivity contribution in [2.24, 2.45) is 0 Å². The zero-order chi connectivity index (χ0) is 47.4. The van der Waals surface area contributed by atoms with Crippen LogP contribution in [0, 0.1) is 11.3 Å². The van der Waals surface area contributed by atoms with Gasteiger partial charge in [0.25, 0.3) is 0 Å². The van der Waals surface area contributed by atoms with Crippen LogP contribution >= 0.6 is 11.7 Å². The van der Waals surface area contributed by atoms with Crippen LogP contribution in [-0.2, 0) is 10.8 Å². The second kappa shape index (κ2) is 17.2. The summed E-state index contributed by atoms with van der Waals surface area (Å²) in [7, 11) is 0. The molecular weight excluding hydrogens is 859 g/mol. The molecule has 2 heterocycles. The number of nitrogens with zero attached hydrogens (tertiary/aromatic N) is 5. The van der Waals surface area contributed by atoms with E-state index in [0.29, 0.717) is 5.57 Å². The summed E-state index contributed by atoms with van der Waals surface area (Å²) < 4.78 is 12.4. The number of rotatable bonds is 8. The van der Waals surface area contributed by atoms with Gasteiger partial charge in [0.05, 0.1) is 34.0 Å². The van der Waals surface area contributed by atoms with Gasteiger partial charge in [0.15, 0.2) is 0 Å². The second-order valence-electron chi connectivity index (χ2n) is 19.9. The minimum absolute atomic E-state index is 0.00529. The molecule has 11 rings (SSSR count). The predicted molar refractivity (Wildman–Crippen MR) is 291 cm³/mol. The number of hydrogen-bond acceptors (Lipinski definition) is 5. The molecule has 11 aromatic rings. The minimum Gasteiger partial charge on any atom is -0.309 e. The molecular formula is C63H51N5S. The third kappa shape index (κ3) is 7.85. The number of hydrogen-bond donors (Lipinski definition) is 0. The van der Waals surface area contributed by atoms with Gasteiger partial charge in [-0.05, 0) is 110 Å².